The number of carbonyl (C=O) groups excluding carboxylic acids is 1. The molecule has 0 aliphatic heterocycles. The third-order valence-corrected chi connectivity index (χ3v) is 6.30. The average molecular weight is 351 g/mol. The number of hydrogen-bond donors (Lipinski definition) is 2. The maximum atomic E-state index is 12.6. The van der Waals surface area contributed by atoms with E-state index in [0.717, 1.165) is 10.4 Å². The fourth-order valence-electron chi connectivity index (χ4n) is 4.61. The van der Waals surface area contributed by atoms with E-state index in [1.54, 1.807) is 12.1 Å². The minimum Gasteiger partial charge on any atom is -0.398 e. The van der Waals surface area contributed by atoms with Crippen molar-refractivity contribution in [2.75, 3.05) is 5.73 Å². The van der Waals surface area contributed by atoms with Crippen LogP contribution in [0.5, 0.6) is 0 Å². The summed E-state index contributed by atoms with van der Waals surface area (Å²) in [5.41, 5.74) is 7.46. The van der Waals surface area contributed by atoms with Crippen LogP contribution in [0.25, 0.3) is 0 Å². The van der Waals surface area contributed by atoms with Gasteiger partial charge in [0.2, 0.25) is 0 Å². The molecule has 3 atom stereocenters. The summed E-state index contributed by atoms with van der Waals surface area (Å²) < 4.78 is 0.892. The van der Waals surface area contributed by atoms with Gasteiger partial charge in [0.25, 0.3) is 5.91 Å². The lowest BCUT2D eigenvalue weighted by Gasteiger charge is -2.43. The van der Waals surface area contributed by atoms with Gasteiger partial charge in [0.1, 0.15) is 0 Å². The molecule has 4 heteroatoms. The molecular weight excluding hydrogens is 328 g/mol. The highest BCUT2D eigenvalue weighted by Gasteiger charge is 2.59. The van der Waals surface area contributed by atoms with Gasteiger partial charge in [0.05, 0.1) is 5.56 Å². The Bertz CT molecular complexity index is 594. The van der Waals surface area contributed by atoms with Gasteiger partial charge in [-0.1, -0.05) is 36.7 Å². The van der Waals surface area contributed by atoms with E-state index in [0.29, 0.717) is 11.3 Å². The molecular formula is C17H23BrN2O. The Morgan fingerprint density at radius 3 is 2.67 bits per heavy atom. The first kappa shape index (κ1) is 14.9. The molecule has 2 fully saturated rings. The summed E-state index contributed by atoms with van der Waals surface area (Å²) in [6, 6.07) is 5.65. The van der Waals surface area contributed by atoms with Crippen molar-refractivity contribution in [3.8, 4) is 0 Å². The van der Waals surface area contributed by atoms with Crippen LogP contribution in [0.15, 0.2) is 22.7 Å². The number of amides is 1. The Kier molecular flexibility index (Phi) is 3.36. The van der Waals surface area contributed by atoms with Gasteiger partial charge in [0.15, 0.2) is 0 Å². The van der Waals surface area contributed by atoms with Gasteiger partial charge in [-0.25, -0.2) is 0 Å². The molecule has 1 aromatic carbocycles. The van der Waals surface area contributed by atoms with E-state index in [1.165, 1.54) is 19.3 Å². The first-order chi connectivity index (χ1) is 9.74. The van der Waals surface area contributed by atoms with Crippen molar-refractivity contribution in [2.24, 2.45) is 16.7 Å². The van der Waals surface area contributed by atoms with Crippen molar-refractivity contribution in [1.29, 1.82) is 0 Å². The third kappa shape index (κ3) is 2.28. The van der Waals surface area contributed by atoms with Gasteiger partial charge in [-0.3, -0.25) is 4.79 Å². The predicted octanol–water partition coefficient (Wildman–Crippen LogP) is 3.98. The Morgan fingerprint density at radius 2 is 2.10 bits per heavy atom. The SMILES string of the molecule is CC12CCC(C1)C(C)(C)C2NC(=O)c1ccc(Br)cc1N. The van der Waals surface area contributed by atoms with Crippen LogP contribution in [-0.2, 0) is 0 Å². The van der Waals surface area contributed by atoms with Gasteiger partial charge in [0, 0.05) is 16.2 Å². The van der Waals surface area contributed by atoms with Crippen LogP contribution in [0, 0.1) is 16.7 Å². The summed E-state index contributed by atoms with van der Waals surface area (Å²) in [5.74, 6) is 0.668. The smallest absolute Gasteiger partial charge is 0.253 e. The van der Waals surface area contributed by atoms with Crippen molar-refractivity contribution in [3.05, 3.63) is 28.2 Å². The fraction of sp³-hybridized carbons (Fsp3) is 0.588. The van der Waals surface area contributed by atoms with Crippen molar-refractivity contribution >= 4 is 27.5 Å². The lowest BCUT2D eigenvalue weighted by molar-refractivity contribution is 0.0738. The molecule has 2 bridgehead atoms. The largest absolute Gasteiger partial charge is 0.398 e. The molecule has 0 radical (unpaired) electrons. The van der Waals surface area contributed by atoms with Gasteiger partial charge >= 0.3 is 0 Å². The van der Waals surface area contributed by atoms with Crippen LogP contribution in [0.2, 0.25) is 0 Å². The number of hydrogen-bond acceptors (Lipinski definition) is 2. The molecule has 3 rings (SSSR count). The van der Waals surface area contributed by atoms with Gasteiger partial charge in [-0.15, -0.1) is 0 Å². The molecule has 3 unspecified atom stereocenters. The summed E-state index contributed by atoms with van der Waals surface area (Å²) in [5, 5.41) is 3.28. The minimum absolute atomic E-state index is 0.0492. The molecule has 0 spiro atoms. The second-order valence-electron chi connectivity index (χ2n) is 7.55. The zero-order chi connectivity index (χ0) is 15.4. The van der Waals surface area contributed by atoms with Crippen LogP contribution in [-0.4, -0.2) is 11.9 Å². The maximum absolute atomic E-state index is 12.6. The van der Waals surface area contributed by atoms with E-state index < -0.39 is 0 Å². The maximum Gasteiger partial charge on any atom is 0.253 e. The number of nitrogen functional groups attached to an aromatic ring is 1. The van der Waals surface area contributed by atoms with Crippen LogP contribution in [0.1, 0.15) is 50.4 Å². The van der Waals surface area contributed by atoms with E-state index in [-0.39, 0.29) is 22.8 Å². The number of benzene rings is 1. The third-order valence-electron chi connectivity index (χ3n) is 5.80. The number of halogens is 1. The summed E-state index contributed by atoms with van der Waals surface area (Å²) in [7, 11) is 0. The number of nitrogens with one attached hydrogen (secondary N) is 1. The number of fused-ring (bicyclic) bond motifs is 2. The van der Waals surface area contributed by atoms with Crippen molar-refractivity contribution < 1.29 is 4.79 Å². The number of anilines is 1. The Balaban J connectivity index is 1.85. The monoisotopic (exact) mass is 350 g/mol. The van der Waals surface area contributed by atoms with Gasteiger partial charge in [-0.05, 0) is 54.2 Å². The molecule has 3 nitrogen and oxygen atoms in total. The molecule has 114 valence electrons. The lowest BCUT2D eigenvalue weighted by atomic mass is 9.68. The Labute approximate surface area is 134 Å². The highest BCUT2D eigenvalue weighted by molar-refractivity contribution is 9.10. The molecule has 0 aromatic heterocycles. The summed E-state index contributed by atoms with van der Waals surface area (Å²) >= 11 is 3.38. The molecule has 0 heterocycles. The first-order valence-electron chi connectivity index (χ1n) is 7.60. The average Bonchev–Trinajstić information content (AvgIpc) is 2.85. The zero-order valence-electron chi connectivity index (χ0n) is 12.9. The quantitative estimate of drug-likeness (QED) is 0.792. The van der Waals surface area contributed by atoms with Crippen LogP contribution < -0.4 is 11.1 Å². The molecule has 1 amide bonds. The minimum atomic E-state index is -0.0492. The number of rotatable bonds is 2. The molecule has 3 N–H and O–H groups in total. The topological polar surface area (TPSA) is 55.1 Å². The van der Waals surface area contributed by atoms with E-state index >= 15 is 0 Å². The molecule has 2 aliphatic carbocycles. The van der Waals surface area contributed by atoms with Crippen molar-refractivity contribution in [3.63, 3.8) is 0 Å². The second kappa shape index (κ2) is 4.73. The van der Waals surface area contributed by atoms with Gasteiger partial charge < -0.3 is 11.1 Å². The molecule has 0 saturated heterocycles. The van der Waals surface area contributed by atoms with Crippen molar-refractivity contribution in [1.82, 2.24) is 5.32 Å². The highest BCUT2D eigenvalue weighted by Crippen LogP contribution is 2.62. The van der Waals surface area contributed by atoms with Gasteiger partial charge in [-0.2, -0.15) is 0 Å². The second-order valence-corrected chi connectivity index (χ2v) is 8.47. The first-order valence-corrected chi connectivity index (χ1v) is 8.39. The fourth-order valence-corrected chi connectivity index (χ4v) is 4.99. The van der Waals surface area contributed by atoms with E-state index in [4.69, 9.17) is 5.73 Å². The lowest BCUT2D eigenvalue weighted by Crippen LogP contribution is -2.52. The van der Waals surface area contributed by atoms with Crippen LogP contribution in [0.4, 0.5) is 5.69 Å². The Hall–Kier alpha value is -1.03. The Morgan fingerprint density at radius 1 is 1.38 bits per heavy atom. The standard InChI is InChI=1S/C17H23BrN2O/c1-16(2)10-6-7-17(3,9-10)15(16)20-14(21)12-5-4-11(18)8-13(12)19/h4-5,8,10,15H,6-7,9,19H2,1-3H3,(H,20,21). The molecule has 21 heavy (non-hydrogen) atoms. The summed E-state index contributed by atoms with van der Waals surface area (Å²) in [6.07, 6.45) is 3.72. The van der Waals surface area contributed by atoms with Crippen LogP contribution in [0.3, 0.4) is 0 Å². The van der Waals surface area contributed by atoms with Crippen molar-refractivity contribution in [2.45, 2.75) is 46.1 Å². The molecule has 1 aromatic rings. The molecule has 2 saturated carbocycles. The number of nitrogens with two attached hydrogens (primary N) is 1. The summed E-state index contributed by atoms with van der Waals surface area (Å²) in [6.45, 7) is 6.90. The normalized spacial score (nSPS) is 33.1. The molecule has 2 aliphatic rings. The highest BCUT2D eigenvalue weighted by atomic mass is 79.9. The van der Waals surface area contributed by atoms with Crippen LogP contribution >= 0.6 is 15.9 Å². The number of carbonyl (C=O) groups is 1. The van der Waals surface area contributed by atoms with E-state index in [2.05, 4.69) is 42.0 Å². The predicted molar refractivity (Wildman–Crippen MR) is 89.0 cm³/mol. The summed E-state index contributed by atoms with van der Waals surface area (Å²) in [4.78, 5) is 12.6. The zero-order valence-corrected chi connectivity index (χ0v) is 14.5. The van der Waals surface area contributed by atoms with E-state index in [9.17, 15) is 4.79 Å². The van der Waals surface area contributed by atoms with E-state index in [1.807, 2.05) is 6.07 Å².